The Morgan fingerprint density at radius 3 is 2.33 bits per heavy atom. The monoisotopic (exact) mass is 568 g/mol. The molecule has 1 aromatic heterocycles. The fourth-order valence-electron chi connectivity index (χ4n) is 5.84. The van der Waals surface area contributed by atoms with Crippen molar-refractivity contribution >= 4 is 39.4 Å². The van der Waals surface area contributed by atoms with Gasteiger partial charge in [0, 0.05) is 43.3 Å². The van der Waals surface area contributed by atoms with Gasteiger partial charge in [0.25, 0.3) is 0 Å². The molecule has 3 atom stereocenters. The summed E-state index contributed by atoms with van der Waals surface area (Å²) in [6.07, 6.45) is 4.47. The maximum Gasteiger partial charge on any atom is 0.239 e. The van der Waals surface area contributed by atoms with Crippen molar-refractivity contribution in [1.29, 1.82) is 0 Å². The molecule has 1 aliphatic heterocycles. The summed E-state index contributed by atoms with van der Waals surface area (Å²) >= 11 is 0. The van der Waals surface area contributed by atoms with Gasteiger partial charge >= 0.3 is 0 Å². The van der Waals surface area contributed by atoms with E-state index in [0.29, 0.717) is 32.5 Å². The molecule has 1 fully saturated rings. The maximum atomic E-state index is 13.5. The number of aromatic amines is 1. The summed E-state index contributed by atoms with van der Waals surface area (Å²) in [5, 5.41) is 9.31. The predicted molar refractivity (Wildman–Crippen MR) is 165 cm³/mol. The third-order valence-corrected chi connectivity index (χ3v) is 8.19. The molecule has 0 aliphatic carbocycles. The number of hydrogen-bond donors (Lipinski definition) is 5. The Bertz CT molecular complexity index is 1550. The van der Waals surface area contributed by atoms with Crippen LogP contribution in [0.3, 0.4) is 0 Å². The minimum absolute atomic E-state index is 0.156. The number of unbranched alkanes of at least 4 members (excludes halogenated alkanes) is 1. The quantitative estimate of drug-likeness (QED) is 0.167. The van der Waals surface area contributed by atoms with Crippen molar-refractivity contribution < 1.29 is 14.4 Å². The Morgan fingerprint density at radius 1 is 0.881 bits per heavy atom. The van der Waals surface area contributed by atoms with Gasteiger partial charge < -0.3 is 32.0 Å². The molecule has 7 N–H and O–H groups in total. The second-order valence-corrected chi connectivity index (χ2v) is 11.1. The molecule has 5 rings (SSSR count). The lowest BCUT2D eigenvalue weighted by Gasteiger charge is -2.21. The van der Waals surface area contributed by atoms with E-state index in [-0.39, 0.29) is 30.8 Å². The lowest BCUT2D eigenvalue weighted by Crippen LogP contribution is -2.44. The van der Waals surface area contributed by atoms with Gasteiger partial charge in [-0.15, -0.1) is 0 Å². The Labute approximate surface area is 246 Å². The highest BCUT2D eigenvalue weighted by molar-refractivity contribution is 5.92. The second kappa shape index (κ2) is 13.6. The molecule has 42 heavy (non-hydrogen) atoms. The highest BCUT2D eigenvalue weighted by atomic mass is 16.2. The van der Waals surface area contributed by atoms with E-state index in [9.17, 15) is 14.4 Å². The van der Waals surface area contributed by atoms with Gasteiger partial charge in [-0.3, -0.25) is 14.4 Å². The molecule has 2 heterocycles. The number of carbonyl (C=O) groups is 3. The number of amides is 3. The Hall–Kier alpha value is -4.21. The second-order valence-electron chi connectivity index (χ2n) is 11.1. The standard InChI is InChI=1S/C33H40N6O3/c34-14-5-6-15-36-31(40)27-20-39(33(42)29(35)18-25-19-38-30-10-4-3-9-26(25)30)21-28(27)32(41)37-16-13-22-11-12-23-7-1-2-8-24(23)17-22/h1-4,7-12,17,19,27-29,38H,5-6,13-16,18,20-21,34-35H2,(H,36,40)(H,37,41)/t27-,28-,29+/m1/s1. The minimum Gasteiger partial charge on any atom is -0.361 e. The van der Waals surface area contributed by atoms with Crippen LogP contribution in [-0.2, 0) is 27.2 Å². The van der Waals surface area contributed by atoms with Crippen molar-refractivity contribution in [3.63, 3.8) is 0 Å². The molecule has 3 amide bonds. The highest BCUT2D eigenvalue weighted by Gasteiger charge is 2.44. The van der Waals surface area contributed by atoms with Crippen molar-refractivity contribution in [2.24, 2.45) is 23.3 Å². The van der Waals surface area contributed by atoms with Crippen LogP contribution < -0.4 is 22.1 Å². The summed E-state index contributed by atoms with van der Waals surface area (Å²) in [6.45, 7) is 1.79. The molecule has 0 spiro atoms. The molecule has 0 saturated carbocycles. The molecule has 9 nitrogen and oxygen atoms in total. The minimum atomic E-state index is -0.785. The number of nitrogens with two attached hydrogens (primary N) is 2. The van der Waals surface area contributed by atoms with Crippen LogP contribution in [0.15, 0.2) is 72.9 Å². The van der Waals surface area contributed by atoms with Gasteiger partial charge in [0.2, 0.25) is 17.7 Å². The molecule has 0 bridgehead atoms. The van der Waals surface area contributed by atoms with Crippen LogP contribution >= 0.6 is 0 Å². The summed E-state index contributed by atoms with van der Waals surface area (Å²) < 4.78 is 0. The number of hydrogen-bond acceptors (Lipinski definition) is 5. The maximum absolute atomic E-state index is 13.5. The van der Waals surface area contributed by atoms with E-state index in [0.717, 1.165) is 40.3 Å². The van der Waals surface area contributed by atoms with Crippen LogP contribution in [0.4, 0.5) is 0 Å². The first kappa shape index (κ1) is 29.3. The van der Waals surface area contributed by atoms with E-state index in [1.807, 2.05) is 42.6 Å². The summed E-state index contributed by atoms with van der Waals surface area (Å²) in [6, 6.07) is 21.5. The SMILES string of the molecule is NCCCCNC(=O)[C@@H]1CN(C(=O)[C@@H](N)Cc2c[nH]c3ccccc23)C[C@H]1C(=O)NCCc1ccc2ccccc2c1. The van der Waals surface area contributed by atoms with Crippen molar-refractivity contribution in [2.45, 2.75) is 31.7 Å². The van der Waals surface area contributed by atoms with E-state index in [1.165, 1.54) is 5.39 Å². The number of fused-ring (bicyclic) bond motifs is 2. The summed E-state index contributed by atoms with van der Waals surface area (Å²) in [4.78, 5) is 44.9. The first-order valence-electron chi connectivity index (χ1n) is 14.8. The largest absolute Gasteiger partial charge is 0.361 e. The van der Waals surface area contributed by atoms with Crippen molar-refractivity contribution in [3.8, 4) is 0 Å². The van der Waals surface area contributed by atoms with E-state index in [4.69, 9.17) is 11.5 Å². The van der Waals surface area contributed by atoms with Crippen LogP contribution in [0, 0.1) is 11.8 Å². The number of aromatic nitrogens is 1. The smallest absolute Gasteiger partial charge is 0.239 e. The number of nitrogens with zero attached hydrogens (tertiary/aromatic N) is 1. The van der Waals surface area contributed by atoms with Gasteiger partial charge in [-0.1, -0.05) is 60.7 Å². The van der Waals surface area contributed by atoms with Crippen LogP contribution in [0.2, 0.25) is 0 Å². The molecule has 220 valence electrons. The molecule has 3 aromatic carbocycles. The van der Waals surface area contributed by atoms with Crippen molar-refractivity contribution in [2.75, 3.05) is 32.7 Å². The van der Waals surface area contributed by atoms with Crippen LogP contribution in [0.25, 0.3) is 21.7 Å². The normalized spacial score (nSPS) is 17.4. The molecule has 1 aliphatic rings. The fourth-order valence-corrected chi connectivity index (χ4v) is 5.84. The lowest BCUT2D eigenvalue weighted by molar-refractivity contribution is -0.132. The van der Waals surface area contributed by atoms with E-state index in [1.54, 1.807) is 4.90 Å². The first-order chi connectivity index (χ1) is 20.4. The summed E-state index contributed by atoms with van der Waals surface area (Å²) in [5.74, 6) is -2.00. The molecule has 9 heteroatoms. The first-order valence-corrected chi connectivity index (χ1v) is 14.8. The van der Waals surface area contributed by atoms with Crippen LogP contribution in [0.5, 0.6) is 0 Å². The topological polar surface area (TPSA) is 146 Å². The molecular formula is C33H40N6O3. The van der Waals surface area contributed by atoms with Gasteiger partial charge in [-0.25, -0.2) is 0 Å². The zero-order chi connectivity index (χ0) is 29.5. The zero-order valence-electron chi connectivity index (χ0n) is 23.9. The summed E-state index contributed by atoms with van der Waals surface area (Å²) in [7, 11) is 0. The molecule has 1 saturated heterocycles. The van der Waals surface area contributed by atoms with E-state index < -0.39 is 17.9 Å². The average Bonchev–Trinajstić information content (AvgIpc) is 3.64. The fraction of sp³-hybridized carbons (Fsp3) is 0.364. The third-order valence-electron chi connectivity index (χ3n) is 8.19. The Morgan fingerprint density at radius 2 is 1.57 bits per heavy atom. The van der Waals surface area contributed by atoms with Gasteiger partial charge in [-0.2, -0.15) is 0 Å². The number of para-hydroxylation sites is 1. The van der Waals surface area contributed by atoms with Crippen molar-refractivity contribution in [1.82, 2.24) is 20.5 Å². The van der Waals surface area contributed by atoms with E-state index in [2.05, 4.69) is 45.9 Å². The number of likely N-dealkylation sites (tertiary alicyclic amines) is 1. The van der Waals surface area contributed by atoms with Gasteiger partial charge in [0.1, 0.15) is 0 Å². The zero-order valence-corrected chi connectivity index (χ0v) is 23.9. The third kappa shape index (κ3) is 6.80. The van der Waals surface area contributed by atoms with Crippen LogP contribution in [0.1, 0.15) is 24.0 Å². The molecule has 0 unspecified atom stereocenters. The van der Waals surface area contributed by atoms with Crippen LogP contribution in [-0.4, -0.2) is 66.4 Å². The molecular weight excluding hydrogens is 528 g/mol. The average molecular weight is 569 g/mol. The number of rotatable bonds is 12. The van der Waals surface area contributed by atoms with Gasteiger partial charge in [0.05, 0.1) is 17.9 Å². The van der Waals surface area contributed by atoms with E-state index >= 15 is 0 Å². The number of benzene rings is 3. The number of nitrogens with one attached hydrogen (secondary N) is 3. The van der Waals surface area contributed by atoms with Gasteiger partial charge in [-0.05, 0) is 60.2 Å². The predicted octanol–water partition coefficient (Wildman–Crippen LogP) is 2.48. The highest BCUT2D eigenvalue weighted by Crippen LogP contribution is 2.26. The number of carbonyl (C=O) groups excluding carboxylic acids is 3. The molecule has 0 radical (unpaired) electrons. The molecule has 4 aromatic rings. The summed E-state index contributed by atoms with van der Waals surface area (Å²) in [5.41, 5.74) is 15.0. The number of H-pyrrole nitrogens is 1. The van der Waals surface area contributed by atoms with Gasteiger partial charge in [0.15, 0.2) is 0 Å². The lowest BCUT2D eigenvalue weighted by atomic mass is 9.94. The Kier molecular flexibility index (Phi) is 9.51. The van der Waals surface area contributed by atoms with Crippen molar-refractivity contribution in [3.05, 3.63) is 84.1 Å². The Balaban J connectivity index is 1.23.